The van der Waals surface area contributed by atoms with E-state index in [1.807, 2.05) is 0 Å². The van der Waals surface area contributed by atoms with Gasteiger partial charge in [-0.2, -0.15) is 0 Å². The van der Waals surface area contributed by atoms with Crippen LogP contribution in [-0.2, 0) is 7.05 Å². The molecule has 0 amide bonds. The van der Waals surface area contributed by atoms with Crippen LogP contribution in [0.5, 0.6) is 0 Å². The second-order valence-corrected chi connectivity index (χ2v) is 3.22. The molecule has 0 spiro atoms. The van der Waals surface area contributed by atoms with E-state index in [9.17, 15) is 10.1 Å². The zero-order chi connectivity index (χ0) is 11.7. The van der Waals surface area contributed by atoms with Crippen LogP contribution in [0.25, 0.3) is 11.4 Å². The SMILES string of the molecule is Cn1nncc1-c1ncnc(Cl)c1[N+](=O)[O-]. The summed E-state index contributed by atoms with van der Waals surface area (Å²) in [6, 6.07) is 0. The van der Waals surface area contributed by atoms with Crippen LogP contribution in [0.4, 0.5) is 5.69 Å². The van der Waals surface area contributed by atoms with Crippen LogP contribution in [0.15, 0.2) is 12.5 Å². The summed E-state index contributed by atoms with van der Waals surface area (Å²) in [5.41, 5.74) is 0.142. The van der Waals surface area contributed by atoms with Crippen LogP contribution in [-0.4, -0.2) is 29.9 Å². The summed E-state index contributed by atoms with van der Waals surface area (Å²) in [4.78, 5) is 17.6. The number of hydrogen-bond donors (Lipinski definition) is 0. The summed E-state index contributed by atoms with van der Waals surface area (Å²) in [5.74, 6) is 0. The van der Waals surface area contributed by atoms with Crippen molar-refractivity contribution >= 4 is 17.3 Å². The summed E-state index contributed by atoms with van der Waals surface area (Å²) < 4.78 is 1.37. The standard InChI is InChI=1S/C7H5ClN6O2/c1-13-4(2-11-12-13)5-6(14(15)16)7(8)10-3-9-5/h2-3H,1H3. The zero-order valence-corrected chi connectivity index (χ0v) is 8.79. The van der Waals surface area contributed by atoms with Crippen LogP contribution in [0, 0.1) is 10.1 Å². The Morgan fingerprint density at radius 3 is 2.81 bits per heavy atom. The van der Waals surface area contributed by atoms with Gasteiger partial charge in [0, 0.05) is 7.05 Å². The van der Waals surface area contributed by atoms with E-state index in [1.165, 1.54) is 10.9 Å². The summed E-state index contributed by atoms with van der Waals surface area (Å²) in [6.07, 6.45) is 2.52. The largest absolute Gasteiger partial charge is 0.334 e. The second kappa shape index (κ2) is 3.81. The first-order chi connectivity index (χ1) is 7.61. The molecule has 0 saturated carbocycles. The highest BCUT2D eigenvalue weighted by molar-refractivity contribution is 6.31. The molecule has 9 heteroatoms. The Morgan fingerprint density at radius 1 is 1.50 bits per heavy atom. The predicted octanol–water partition coefficient (Wildman–Crippen LogP) is 0.834. The molecule has 8 nitrogen and oxygen atoms in total. The molecule has 0 N–H and O–H groups in total. The van der Waals surface area contributed by atoms with Crippen LogP contribution >= 0.6 is 11.6 Å². The van der Waals surface area contributed by atoms with Crippen molar-refractivity contribution in [2.75, 3.05) is 0 Å². The molecule has 0 unspecified atom stereocenters. The Balaban J connectivity index is 2.70. The smallest absolute Gasteiger partial charge is 0.258 e. The Morgan fingerprint density at radius 2 is 2.25 bits per heavy atom. The number of nitro groups is 1. The van der Waals surface area contributed by atoms with Gasteiger partial charge in [0.1, 0.15) is 12.0 Å². The lowest BCUT2D eigenvalue weighted by Crippen LogP contribution is -2.01. The molecule has 0 bridgehead atoms. The second-order valence-electron chi connectivity index (χ2n) is 2.86. The average molecular weight is 241 g/mol. The summed E-state index contributed by atoms with van der Waals surface area (Å²) in [7, 11) is 1.60. The van der Waals surface area contributed by atoms with Gasteiger partial charge >= 0.3 is 5.69 Å². The van der Waals surface area contributed by atoms with Crippen molar-refractivity contribution in [1.82, 2.24) is 25.0 Å². The first kappa shape index (κ1) is 10.4. The van der Waals surface area contributed by atoms with Gasteiger partial charge in [-0.05, 0) is 0 Å². The molecule has 0 atom stereocenters. The molecule has 0 saturated heterocycles. The van der Waals surface area contributed by atoms with Crippen molar-refractivity contribution in [1.29, 1.82) is 0 Å². The molecule has 0 aliphatic rings. The lowest BCUT2D eigenvalue weighted by atomic mass is 10.3. The molecule has 0 radical (unpaired) electrons. The van der Waals surface area contributed by atoms with Gasteiger partial charge in [-0.25, -0.2) is 14.6 Å². The maximum atomic E-state index is 10.8. The molecule has 16 heavy (non-hydrogen) atoms. The molecule has 2 aromatic heterocycles. The van der Waals surface area contributed by atoms with E-state index < -0.39 is 4.92 Å². The number of hydrogen-bond acceptors (Lipinski definition) is 6. The minimum absolute atomic E-state index is 0.0949. The fraction of sp³-hybridized carbons (Fsp3) is 0.143. The highest BCUT2D eigenvalue weighted by atomic mass is 35.5. The lowest BCUT2D eigenvalue weighted by molar-refractivity contribution is -0.384. The minimum Gasteiger partial charge on any atom is -0.258 e. The van der Waals surface area contributed by atoms with E-state index in [4.69, 9.17) is 11.6 Å². The highest BCUT2D eigenvalue weighted by Gasteiger charge is 2.24. The van der Waals surface area contributed by atoms with Crippen LogP contribution in [0.3, 0.4) is 0 Å². The van der Waals surface area contributed by atoms with Crippen molar-refractivity contribution in [3.63, 3.8) is 0 Å². The van der Waals surface area contributed by atoms with E-state index in [0.717, 1.165) is 6.33 Å². The summed E-state index contributed by atoms with van der Waals surface area (Å²) in [6.45, 7) is 0. The van der Waals surface area contributed by atoms with E-state index in [1.54, 1.807) is 7.05 Å². The lowest BCUT2D eigenvalue weighted by Gasteiger charge is -2.01. The summed E-state index contributed by atoms with van der Waals surface area (Å²) in [5, 5.41) is 17.9. The molecule has 0 aliphatic heterocycles. The van der Waals surface area contributed by atoms with Crippen LogP contribution in [0.2, 0.25) is 5.15 Å². The Bertz CT molecular complexity index is 554. The van der Waals surface area contributed by atoms with Gasteiger partial charge in [-0.3, -0.25) is 10.1 Å². The van der Waals surface area contributed by atoms with E-state index in [2.05, 4.69) is 20.3 Å². The molecular weight excluding hydrogens is 236 g/mol. The number of halogens is 1. The molecule has 0 aliphatic carbocycles. The fourth-order valence-electron chi connectivity index (χ4n) is 1.21. The third-order valence-electron chi connectivity index (χ3n) is 1.92. The molecule has 2 aromatic rings. The minimum atomic E-state index is -0.634. The third kappa shape index (κ3) is 1.58. The molecule has 2 heterocycles. The van der Waals surface area contributed by atoms with Gasteiger partial charge in [0.15, 0.2) is 5.69 Å². The van der Waals surface area contributed by atoms with Crippen molar-refractivity contribution in [2.45, 2.75) is 0 Å². The van der Waals surface area contributed by atoms with E-state index in [0.29, 0.717) is 5.69 Å². The number of aryl methyl sites for hydroxylation is 1. The zero-order valence-electron chi connectivity index (χ0n) is 8.03. The first-order valence-electron chi connectivity index (χ1n) is 4.11. The van der Waals surface area contributed by atoms with Gasteiger partial charge in [0.05, 0.1) is 11.1 Å². The number of aromatic nitrogens is 5. The number of rotatable bonds is 2. The molecule has 2 rings (SSSR count). The van der Waals surface area contributed by atoms with Crippen LogP contribution in [0.1, 0.15) is 0 Å². The molecule has 0 fully saturated rings. The molecule has 0 aromatic carbocycles. The van der Waals surface area contributed by atoms with Gasteiger partial charge in [-0.1, -0.05) is 16.8 Å². The fourth-order valence-corrected chi connectivity index (χ4v) is 1.41. The van der Waals surface area contributed by atoms with E-state index in [-0.39, 0.29) is 16.5 Å². The normalized spacial score (nSPS) is 10.4. The van der Waals surface area contributed by atoms with Gasteiger partial charge in [0.2, 0.25) is 5.15 Å². The molecule has 82 valence electrons. The maximum absolute atomic E-state index is 10.8. The van der Waals surface area contributed by atoms with Gasteiger partial charge in [0.25, 0.3) is 0 Å². The third-order valence-corrected chi connectivity index (χ3v) is 2.19. The Kier molecular flexibility index (Phi) is 2.49. The number of nitrogens with zero attached hydrogens (tertiary/aromatic N) is 6. The van der Waals surface area contributed by atoms with Gasteiger partial charge in [-0.15, -0.1) is 5.10 Å². The van der Waals surface area contributed by atoms with Crippen LogP contribution < -0.4 is 0 Å². The maximum Gasteiger partial charge on any atom is 0.334 e. The quantitative estimate of drug-likeness (QED) is 0.438. The Labute approximate surface area is 94.0 Å². The Hall–Kier alpha value is -2.09. The van der Waals surface area contributed by atoms with Crippen molar-refractivity contribution < 1.29 is 4.92 Å². The topological polar surface area (TPSA) is 99.6 Å². The highest BCUT2D eigenvalue weighted by Crippen LogP contribution is 2.31. The van der Waals surface area contributed by atoms with Gasteiger partial charge < -0.3 is 0 Å². The average Bonchev–Trinajstić information content (AvgIpc) is 2.63. The van der Waals surface area contributed by atoms with Crippen molar-refractivity contribution in [3.05, 3.63) is 27.8 Å². The van der Waals surface area contributed by atoms with Crippen molar-refractivity contribution in [2.24, 2.45) is 7.05 Å². The van der Waals surface area contributed by atoms with Crippen molar-refractivity contribution in [3.8, 4) is 11.4 Å². The monoisotopic (exact) mass is 240 g/mol. The predicted molar refractivity (Wildman–Crippen MR) is 53.7 cm³/mol. The first-order valence-corrected chi connectivity index (χ1v) is 4.49. The summed E-state index contributed by atoms with van der Waals surface area (Å²) >= 11 is 5.65. The van der Waals surface area contributed by atoms with E-state index >= 15 is 0 Å². The molecular formula is C7H5ClN6O2.